The van der Waals surface area contributed by atoms with Gasteiger partial charge in [0, 0.05) is 48.0 Å². The second kappa shape index (κ2) is 11.9. The van der Waals surface area contributed by atoms with Gasteiger partial charge in [0.15, 0.2) is 0 Å². The van der Waals surface area contributed by atoms with E-state index >= 15 is 0 Å². The van der Waals surface area contributed by atoms with E-state index in [2.05, 4.69) is 204 Å². The standard InChI is InChI=1S/C50H32N2S/c1-2-15-39(16-3-1)52-45-18-9-8-17-42(45)43-28-27-41(32-47(43)52)51(40-25-23-34(24-26-40)38-22-21-33-11-4-5-12-35(33)29-38)46-19-10-20-48-50(46)44-30-36-13-6-7-14-37(36)31-49(44)53-48/h1-32H. The Hall–Kier alpha value is -6.68. The summed E-state index contributed by atoms with van der Waals surface area (Å²) in [6.07, 6.45) is 0. The first-order valence-corrected chi connectivity index (χ1v) is 18.9. The van der Waals surface area contributed by atoms with Crippen LogP contribution in [0.4, 0.5) is 17.1 Å². The second-order valence-corrected chi connectivity index (χ2v) is 14.9. The summed E-state index contributed by atoms with van der Waals surface area (Å²) in [5.74, 6) is 0. The van der Waals surface area contributed by atoms with E-state index in [4.69, 9.17) is 0 Å². The van der Waals surface area contributed by atoms with Gasteiger partial charge in [-0.25, -0.2) is 0 Å². The number of aromatic nitrogens is 1. The molecule has 3 heteroatoms. The highest BCUT2D eigenvalue weighted by atomic mass is 32.1. The van der Waals surface area contributed by atoms with Gasteiger partial charge in [-0.2, -0.15) is 0 Å². The zero-order valence-electron chi connectivity index (χ0n) is 28.8. The first-order chi connectivity index (χ1) is 26.3. The minimum Gasteiger partial charge on any atom is -0.310 e. The summed E-state index contributed by atoms with van der Waals surface area (Å²) in [7, 11) is 0. The molecule has 11 rings (SSSR count). The quantitative estimate of drug-likeness (QED) is 0.174. The SMILES string of the molecule is c1ccc(-n2c3ccccc3c3ccc(N(c4ccc(-c5ccc6ccccc6c5)cc4)c4cccc5sc6cc7ccccc7cc6c45)cc32)cc1. The minimum atomic E-state index is 1.11. The fourth-order valence-electron chi connectivity index (χ4n) is 8.23. The van der Waals surface area contributed by atoms with Gasteiger partial charge < -0.3 is 9.47 Å². The highest BCUT2D eigenvalue weighted by Gasteiger charge is 2.21. The molecule has 9 aromatic carbocycles. The maximum Gasteiger partial charge on any atom is 0.0561 e. The van der Waals surface area contributed by atoms with Gasteiger partial charge in [-0.1, -0.05) is 121 Å². The monoisotopic (exact) mass is 692 g/mol. The molecule has 2 heterocycles. The predicted octanol–water partition coefficient (Wildman–Crippen LogP) is 14.6. The molecule has 0 bridgehead atoms. The summed E-state index contributed by atoms with van der Waals surface area (Å²) >= 11 is 1.87. The Morgan fingerprint density at radius 3 is 1.87 bits per heavy atom. The maximum absolute atomic E-state index is 2.46. The normalized spacial score (nSPS) is 11.8. The van der Waals surface area contributed by atoms with Gasteiger partial charge in [0.25, 0.3) is 0 Å². The molecule has 11 aromatic rings. The van der Waals surface area contributed by atoms with Crippen LogP contribution in [0.5, 0.6) is 0 Å². The molecule has 0 aliphatic rings. The first-order valence-electron chi connectivity index (χ1n) is 18.1. The molecule has 0 saturated carbocycles. The molecule has 0 aliphatic heterocycles. The molecule has 2 nitrogen and oxygen atoms in total. The number of thiophene rings is 1. The van der Waals surface area contributed by atoms with Crippen LogP contribution in [-0.2, 0) is 0 Å². The van der Waals surface area contributed by atoms with Crippen LogP contribution in [0.2, 0.25) is 0 Å². The van der Waals surface area contributed by atoms with Crippen LogP contribution >= 0.6 is 11.3 Å². The number of fused-ring (bicyclic) bond motifs is 8. The van der Waals surface area contributed by atoms with Crippen LogP contribution in [-0.4, -0.2) is 4.57 Å². The average Bonchev–Trinajstić information content (AvgIpc) is 3.75. The highest BCUT2D eigenvalue weighted by molar-refractivity contribution is 7.26. The van der Waals surface area contributed by atoms with Gasteiger partial charge in [-0.3, -0.25) is 0 Å². The maximum atomic E-state index is 2.46. The molecule has 0 amide bonds. The molecule has 0 fully saturated rings. The molecule has 53 heavy (non-hydrogen) atoms. The van der Waals surface area contributed by atoms with Crippen molar-refractivity contribution in [1.82, 2.24) is 4.57 Å². The molecular weight excluding hydrogens is 661 g/mol. The van der Waals surface area contributed by atoms with E-state index in [9.17, 15) is 0 Å². The minimum absolute atomic E-state index is 1.11. The van der Waals surface area contributed by atoms with Crippen molar-refractivity contribution in [2.24, 2.45) is 0 Å². The number of benzene rings is 9. The van der Waals surface area contributed by atoms with E-state index in [1.54, 1.807) is 0 Å². The smallest absolute Gasteiger partial charge is 0.0561 e. The molecular formula is C50H32N2S. The number of para-hydroxylation sites is 2. The zero-order valence-corrected chi connectivity index (χ0v) is 29.6. The van der Waals surface area contributed by atoms with E-state index in [-0.39, 0.29) is 0 Å². The van der Waals surface area contributed by atoms with E-state index in [1.165, 1.54) is 80.3 Å². The predicted molar refractivity (Wildman–Crippen MR) is 229 cm³/mol. The third kappa shape index (κ3) is 4.86. The summed E-state index contributed by atoms with van der Waals surface area (Å²) in [5.41, 5.74) is 9.35. The van der Waals surface area contributed by atoms with Gasteiger partial charge >= 0.3 is 0 Å². The number of rotatable bonds is 5. The molecule has 0 saturated heterocycles. The van der Waals surface area contributed by atoms with Crippen molar-refractivity contribution in [3.05, 3.63) is 194 Å². The van der Waals surface area contributed by atoms with Crippen molar-refractivity contribution >= 4 is 91.9 Å². The molecule has 2 aromatic heterocycles. The number of anilines is 3. The van der Waals surface area contributed by atoms with Crippen LogP contribution in [0.25, 0.3) is 80.3 Å². The fraction of sp³-hybridized carbons (Fsp3) is 0. The van der Waals surface area contributed by atoms with E-state index in [0.29, 0.717) is 0 Å². The van der Waals surface area contributed by atoms with Crippen molar-refractivity contribution < 1.29 is 0 Å². The van der Waals surface area contributed by atoms with E-state index in [1.807, 2.05) is 11.3 Å². The second-order valence-electron chi connectivity index (χ2n) is 13.8. The van der Waals surface area contributed by atoms with Crippen molar-refractivity contribution in [3.8, 4) is 16.8 Å². The molecule has 0 spiro atoms. The summed E-state index contributed by atoms with van der Waals surface area (Å²) in [6, 6.07) is 71.1. The molecule has 248 valence electrons. The van der Waals surface area contributed by atoms with Gasteiger partial charge in [0.05, 0.1) is 16.7 Å². The van der Waals surface area contributed by atoms with Gasteiger partial charge in [-0.05, 0) is 105 Å². The van der Waals surface area contributed by atoms with Crippen LogP contribution in [0, 0.1) is 0 Å². The summed E-state index contributed by atoms with van der Waals surface area (Å²) in [6.45, 7) is 0. The van der Waals surface area contributed by atoms with Gasteiger partial charge in [-0.15, -0.1) is 11.3 Å². The number of hydrogen-bond donors (Lipinski definition) is 0. The summed E-state index contributed by atoms with van der Waals surface area (Å²) < 4.78 is 4.99. The van der Waals surface area contributed by atoms with E-state index in [0.717, 1.165) is 17.1 Å². The number of nitrogens with zero attached hydrogens (tertiary/aromatic N) is 2. The van der Waals surface area contributed by atoms with Crippen molar-refractivity contribution in [1.29, 1.82) is 0 Å². The molecule has 0 unspecified atom stereocenters. The molecule has 0 radical (unpaired) electrons. The molecule has 0 atom stereocenters. The first kappa shape index (κ1) is 30.0. The Labute approximate surface area is 311 Å². The lowest BCUT2D eigenvalue weighted by atomic mass is 10.0. The number of hydrogen-bond acceptors (Lipinski definition) is 2. The van der Waals surface area contributed by atoms with E-state index < -0.39 is 0 Å². The fourth-order valence-corrected chi connectivity index (χ4v) is 9.39. The highest BCUT2D eigenvalue weighted by Crippen LogP contribution is 2.47. The average molecular weight is 693 g/mol. The third-order valence-corrected chi connectivity index (χ3v) is 11.8. The summed E-state index contributed by atoms with van der Waals surface area (Å²) in [4.78, 5) is 2.46. The zero-order chi connectivity index (χ0) is 34.9. The Balaban J connectivity index is 1.16. The lowest BCUT2D eigenvalue weighted by Gasteiger charge is -2.27. The lowest BCUT2D eigenvalue weighted by Crippen LogP contribution is -2.10. The Bertz CT molecular complexity index is 3170. The topological polar surface area (TPSA) is 8.17 Å². The van der Waals surface area contributed by atoms with Crippen molar-refractivity contribution in [2.45, 2.75) is 0 Å². The van der Waals surface area contributed by atoms with Crippen molar-refractivity contribution in [2.75, 3.05) is 4.90 Å². The van der Waals surface area contributed by atoms with Crippen LogP contribution in [0.3, 0.4) is 0 Å². The molecule has 0 aliphatic carbocycles. The Kier molecular flexibility index (Phi) is 6.76. The van der Waals surface area contributed by atoms with Gasteiger partial charge in [0.2, 0.25) is 0 Å². The summed E-state index contributed by atoms with van der Waals surface area (Å²) in [5, 5.41) is 10.1. The van der Waals surface area contributed by atoms with Gasteiger partial charge in [0.1, 0.15) is 0 Å². The van der Waals surface area contributed by atoms with Crippen molar-refractivity contribution in [3.63, 3.8) is 0 Å². The molecule has 0 N–H and O–H groups in total. The van der Waals surface area contributed by atoms with Crippen LogP contribution < -0.4 is 4.90 Å². The Morgan fingerprint density at radius 2 is 1.04 bits per heavy atom. The third-order valence-electron chi connectivity index (χ3n) is 10.7. The van der Waals surface area contributed by atoms with Crippen LogP contribution in [0.1, 0.15) is 0 Å². The Morgan fingerprint density at radius 1 is 0.377 bits per heavy atom. The lowest BCUT2D eigenvalue weighted by molar-refractivity contribution is 1.18. The van der Waals surface area contributed by atoms with Crippen LogP contribution in [0.15, 0.2) is 194 Å². The largest absolute Gasteiger partial charge is 0.310 e.